The number of nitrogen functional groups attached to an aromatic ring is 1. The highest BCUT2D eigenvalue weighted by molar-refractivity contribution is 7.89. The molecule has 37 heavy (non-hydrogen) atoms. The van der Waals surface area contributed by atoms with Crippen molar-refractivity contribution < 1.29 is 17.9 Å². The van der Waals surface area contributed by atoms with E-state index in [4.69, 9.17) is 16.2 Å². The molecular weight excluding hydrogens is 488 g/mol. The summed E-state index contributed by atoms with van der Waals surface area (Å²) in [6, 6.07) is 24.9. The van der Waals surface area contributed by atoms with Gasteiger partial charge in [-0.1, -0.05) is 60.7 Å². The van der Waals surface area contributed by atoms with E-state index < -0.39 is 15.9 Å². The number of nitrogens with one attached hydrogen (secondary N) is 1. The molecule has 0 spiro atoms. The second kappa shape index (κ2) is 10.0. The zero-order valence-corrected chi connectivity index (χ0v) is 21.2. The van der Waals surface area contributed by atoms with Crippen molar-refractivity contribution in [1.82, 2.24) is 9.29 Å². The van der Waals surface area contributed by atoms with Crippen LogP contribution in [0.3, 0.4) is 0 Å². The van der Waals surface area contributed by atoms with Crippen LogP contribution in [0.25, 0.3) is 10.9 Å². The van der Waals surface area contributed by atoms with Crippen LogP contribution in [0, 0.1) is 0 Å². The molecule has 8 nitrogen and oxygen atoms in total. The fourth-order valence-corrected chi connectivity index (χ4v) is 6.93. The smallest absolute Gasteiger partial charge is 0.266 e. The van der Waals surface area contributed by atoms with Crippen molar-refractivity contribution in [3.8, 4) is 0 Å². The van der Waals surface area contributed by atoms with Crippen LogP contribution in [0.2, 0.25) is 0 Å². The predicted octanol–water partition coefficient (Wildman–Crippen LogP) is 3.79. The second-order valence-electron chi connectivity index (χ2n) is 9.53. The Morgan fingerprint density at radius 2 is 1.62 bits per heavy atom. The van der Waals surface area contributed by atoms with E-state index in [-0.39, 0.29) is 29.1 Å². The average molecular weight is 519 g/mol. The van der Waals surface area contributed by atoms with Crippen molar-refractivity contribution in [2.24, 2.45) is 5.73 Å². The standard InChI is InChI=1S/C28H30N4O4S/c29-22-11-12-24-23(17-22)26(25(31-24)27(30)33)37(34,35)32-15-13-28(14-16-32,21-9-5-2-6-10-21)19-36-18-20-7-3-1-4-8-20/h1-12,17,31H,13-16,18-19,29H2,(H2,30,33). The minimum atomic E-state index is -4.03. The minimum Gasteiger partial charge on any atom is -0.399 e. The first-order valence-corrected chi connectivity index (χ1v) is 13.6. The van der Waals surface area contributed by atoms with E-state index in [1.54, 1.807) is 18.2 Å². The van der Waals surface area contributed by atoms with Gasteiger partial charge < -0.3 is 21.2 Å². The molecule has 1 aliphatic rings. The third-order valence-electron chi connectivity index (χ3n) is 7.17. The number of rotatable bonds is 8. The molecule has 0 unspecified atom stereocenters. The number of aromatic nitrogens is 1. The van der Waals surface area contributed by atoms with Gasteiger partial charge in [0.05, 0.1) is 13.2 Å². The van der Waals surface area contributed by atoms with Gasteiger partial charge in [0.25, 0.3) is 5.91 Å². The molecule has 0 radical (unpaired) electrons. The Morgan fingerprint density at radius 1 is 0.973 bits per heavy atom. The average Bonchev–Trinajstić information content (AvgIpc) is 3.30. The molecule has 5 rings (SSSR count). The number of H-pyrrole nitrogens is 1. The van der Waals surface area contributed by atoms with Crippen LogP contribution in [0.4, 0.5) is 5.69 Å². The Balaban J connectivity index is 1.42. The lowest BCUT2D eigenvalue weighted by Crippen LogP contribution is -2.47. The summed E-state index contributed by atoms with van der Waals surface area (Å²) in [7, 11) is -4.03. The molecule has 1 saturated heterocycles. The third kappa shape index (κ3) is 4.85. The number of benzene rings is 3. The number of amides is 1. The quantitative estimate of drug-likeness (QED) is 0.306. The molecule has 1 aromatic heterocycles. The third-order valence-corrected chi connectivity index (χ3v) is 9.16. The van der Waals surface area contributed by atoms with Crippen LogP contribution in [0.15, 0.2) is 83.8 Å². The number of nitrogens with zero attached hydrogens (tertiary/aromatic N) is 1. The molecule has 1 aliphatic heterocycles. The number of fused-ring (bicyclic) bond motifs is 1. The normalized spacial score (nSPS) is 16.1. The SMILES string of the molecule is NC(=O)c1[nH]c2ccc(N)cc2c1S(=O)(=O)N1CCC(COCc2ccccc2)(c2ccccc2)CC1. The molecule has 0 atom stereocenters. The van der Waals surface area contributed by atoms with E-state index in [0.29, 0.717) is 42.6 Å². The first-order valence-electron chi connectivity index (χ1n) is 12.2. The molecule has 9 heteroatoms. The Kier molecular flexibility index (Phi) is 6.76. The van der Waals surface area contributed by atoms with Crippen molar-refractivity contribution in [3.63, 3.8) is 0 Å². The van der Waals surface area contributed by atoms with E-state index in [9.17, 15) is 13.2 Å². The Hall–Kier alpha value is -3.66. The number of sulfonamides is 1. The molecule has 4 aromatic rings. The number of aromatic amines is 1. The Bertz CT molecular complexity index is 1510. The number of nitrogens with two attached hydrogens (primary N) is 2. The molecule has 3 aromatic carbocycles. The lowest BCUT2D eigenvalue weighted by molar-refractivity contribution is 0.0478. The monoisotopic (exact) mass is 518 g/mol. The predicted molar refractivity (Wildman–Crippen MR) is 143 cm³/mol. The van der Waals surface area contributed by atoms with Crippen molar-refractivity contribution in [2.45, 2.75) is 29.8 Å². The van der Waals surface area contributed by atoms with Gasteiger partial charge in [0.15, 0.2) is 0 Å². The number of hydrogen-bond donors (Lipinski definition) is 3. The van der Waals surface area contributed by atoms with Crippen molar-refractivity contribution in [2.75, 3.05) is 25.4 Å². The van der Waals surface area contributed by atoms with Gasteiger partial charge in [-0.15, -0.1) is 0 Å². The summed E-state index contributed by atoms with van der Waals surface area (Å²) in [4.78, 5) is 14.9. The first-order chi connectivity index (χ1) is 17.8. The van der Waals surface area contributed by atoms with E-state index >= 15 is 0 Å². The first kappa shape index (κ1) is 25.0. The number of piperidine rings is 1. The molecule has 0 saturated carbocycles. The maximum Gasteiger partial charge on any atom is 0.266 e. The summed E-state index contributed by atoms with van der Waals surface area (Å²) >= 11 is 0. The van der Waals surface area contributed by atoms with Gasteiger partial charge in [0.1, 0.15) is 10.6 Å². The van der Waals surface area contributed by atoms with Gasteiger partial charge in [-0.3, -0.25) is 4.79 Å². The highest BCUT2D eigenvalue weighted by Gasteiger charge is 2.41. The highest BCUT2D eigenvalue weighted by atomic mass is 32.2. The second-order valence-corrected chi connectivity index (χ2v) is 11.4. The topological polar surface area (TPSA) is 132 Å². The Labute approximate surface area is 216 Å². The van der Waals surface area contributed by atoms with Gasteiger partial charge >= 0.3 is 0 Å². The molecule has 1 fully saturated rings. The lowest BCUT2D eigenvalue weighted by atomic mass is 9.74. The van der Waals surface area contributed by atoms with Gasteiger partial charge in [0, 0.05) is 35.1 Å². The number of hydrogen-bond acceptors (Lipinski definition) is 5. The minimum absolute atomic E-state index is 0.116. The summed E-state index contributed by atoms with van der Waals surface area (Å²) in [5.41, 5.74) is 14.1. The van der Waals surface area contributed by atoms with Crippen LogP contribution < -0.4 is 11.5 Å². The number of primary amides is 1. The molecule has 5 N–H and O–H groups in total. The van der Waals surface area contributed by atoms with Gasteiger partial charge in [-0.2, -0.15) is 4.31 Å². The number of carbonyl (C=O) groups excluding carboxylic acids is 1. The molecule has 192 valence electrons. The van der Waals surface area contributed by atoms with Gasteiger partial charge in [-0.05, 0) is 42.2 Å². The van der Waals surface area contributed by atoms with E-state index in [2.05, 4.69) is 17.1 Å². The van der Waals surface area contributed by atoms with E-state index in [0.717, 1.165) is 11.1 Å². The van der Waals surface area contributed by atoms with Crippen molar-refractivity contribution in [1.29, 1.82) is 0 Å². The van der Waals surface area contributed by atoms with Gasteiger partial charge in [0.2, 0.25) is 10.0 Å². The maximum atomic E-state index is 13.9. The number of carbonyl (C=O) groups is 1. The highest BCUT2D eigenvalue weighted by Crippen LogP contribution is 2.39. The molecular formula is C28H30N4O4S. The number of ether oxygens (including phenoxy) is 1. The van der Waals surface area contributed by atoms with Crippen LogP contribution in [-0.4, -0.2) is 43.3 Å². The molecule has 2 heterocycles. The summed E-state index contributed by atoms with van der Waals surface area (Å²) in [5, 5.41) is 0.361. The van der Waals surface area contributed by atoms with Crippen molar-refractivity contribution >= 4 is 32.5 Å². The molecule has 0 aliphatic carbocycles. The Morgan fingerprint density at radius 3 is 2.27 bits per heavy atom. The summed E-state index contributed by atoms with van der Waals surface area (Å²) < 4.78 is 35.4. The van der Waals surface area contributed by atoms with Crippen LogP contribution in [0.5, 0.6) is 0 Å². The van der Waals surface area contributed by atoms with Crippen LogP contribution in [-0.2, 0) is 26.8 Å². The van der Waals surface area contributed by atoms with Crippen molar-refractivity contribution in [3.05, 3.63) is 95.7 Å². The zero-order chi connectivity index (χ0) is 26.0. The molecule has 0 bridgehead atoms. The molecule has 1 amide bonds. The fraction of sp³-hybridized carbons (Fsp3) is 0.250. The van der Waals surface area contributed by atoms with E-state index in [1.807, 2.05) is 48.5 Å². The number of anilines is 1. The fourth-order valence-electron chi connectivity index (χ4n) is 5.16. The van der Waals surface area contributed by atoms with Crippen LogP contribution in [0.1, 0.15) is 34.5 Å². The summed E-state index contributed by atoms with van der Waals surface area (Å²) in [6.45, 7) is 1.50. The van der Waals surface area contributed by atoms with Crippen LogP contribution >= 0.6 is 0 Å². The largest absolute Gasteiger partial charge is 0.399 e. The maximum absolute atomic E-state index is 13.9. The zero-order valence-electron chi connectivity index (χ0n) is 20.4. The summed E-state index contributed by atoms with van der Waals surface area (Å²) in [6.07, 6.45) is 1.14. The van der Waals surface area contributed by atoms with Gasteiger partial charge in [-0.25, -0.2) is 8.42 Å². The van der Waals surface area contributed by atoms with E-state index in [1.165, 1.54) is 4.31 Å². The lowest BCUT2D eigenvalue weighted by Gasteiger charge is -2.41. The summed E-state index contributed by atoms with van der Waals surface area (Å²) in [5.74, 6) is -0.835.